The zero-order chi connectivity index (χ0) is 14.5. The van der Waals surface area contributed by atoms with Gasteiger partial charge in [-0.15, -0.1) is 0 Å². The molecule has 3 rings (SSSR count). The fourth-order valence-electron chi connectivity index (χ4n) is 2.90. The first-order valence-electron chi connectivity index (χ1n) is 7.81. The molecule has 0 saturated carbocycles. The summed E-state index contributed by atoms with van der Waals surface area (Å²) in [5.74, 6) is 1.01. The smallest absolute Gasteiger partial charge is 0.136 e. The molecule has 0 bridgehead atoms. The second-order valence-corrected chi connectivity index (χ2v) is 5.81. The zero-order valence-corrected chi connectivity index (χ0v) is 12.8. The topological polar surface area (TPSA) is 24.3 Å². The molecule has 2 aromatic heterocycles. The highest BCUT2D eigenvalue weighted by Gasteiger charge is 2.13. The van der Waals surface area contributed by atoms with Crippen molar-refractivity contribution in [3.8, 4) is 5.82 Å². The molecule has 1 aliphatic heterocycles. The Morgan fingerprint density at radius 1 is 1.05 bits per heavy atom. The predicted molar refractivity (Wildman–Crippen MR) is 85.8 cm³/mol. The molecule has 0 N–H and O–H groups in total. The van der Waals surface area contributed by atoms with Gasteiger partial charge in [-0.05, 0) is 50.7 Å². The van der Waals surface area contributed by atoms with E-state index in [9.17, 15) is 0 Å². The number of likely N-dealkylation sites (N-methyl/N-ethyl adjacent to an activating group) is 1. The highest BCUT2D eigenvalue weighted by atomic mass is 15.2. The Labute approximate surface area is 127 Å². The Bertz CT molecular complexity index is 541. The lowest BCUT2D eigenvalue weighted by atomic mass is 10.2. The molecule has 1 saturated heterocycles. The lowest BCUT2D eigenvalue weighted by Gasteiger charge is -2.32. The van der Waals surface area contributed by atoms with Crippen LogP contribution in [0.3, 0.4) is 0 Å². The van der Waals surface area contributed by atoms with Crippen molar-refractivity contribution < 1.29 is 0 Å². The van der Waals surface area contributed by atoms with Gasteiger partial charge in [0.1, 0.15) is 5.82 Å². The molecule has 4 nitrogen and oxygen atoms in total. The van der Waals surface area contributed by atoms with Crippen LogP contribution >= 0.6 is 0 Å². The van der Waals surface area contributed by atoms with Crippen LogP contribution in [-0.4, -0.2) is 59.1 Å². The summed E-state index contributed by atoms with van der Waals surface area (Å²) in [6.45, 7) is 6.01. The van der Waals surface area contributed by atoms with Gasteiger partial charge in [0.25, 0.3) is 0 Å². The van der Waals surface area contributed by atoms with Crippen LogP contribution in [0.5, 0.6) is 0 Å². The third-order valence-corrected chi connectivity index (χ3v) is 4.23. The van der Waals surface area contributed by atoms with E-state index in [0.717, 1.165) is 12.2 Å². The van der Waals surface area contributed by atoms with Crippen LogP contribution in [0.1, 0.15) is 12.1 Å². The summed E-state index contributed by atoms with van der Waals surface area (Å²) in [6.07, 6.45) is 6.27. The van der Waals surface area contributed by atoms with E-state index in [1.54, 1.807) is 0 Å². The van der Waals surface area contributed by atoms with E-state index in [4.69, 9.17) is 0 Å². The Morgan fingerprint density at radius 3 is 2.67 bits per heavy atom. The van der Waals surface area contributed by atoms with E-state index in [1.807, 2.05) is 18.3 Å². The predicted octanol–water partition coefficient (Wildman–Crippen LogP) is 2.05. The number of pyridine rings is 1. The Hall–Kier alpha value is -1.65. The van der Waals surface area contributed by atoms with Crippen molar-refractivity contribution in [2.45, 2.75) is 12.8 Å². The van der Waals surface area contributed by atoms with Crippen molar-refractivity contribution in [3.63, 3.8) is 0 Å². The Morgan fingerprint density at radius 2 is 1.90 bits per heavy atom. The standard InChI is InChI=1S/C17H24N4/c1-19-12-14-20(15-13-19)10-4-6-16-7-5-11-21(16)17-8-2-3-9-18-17/h2-3,5,7-9,11H,4,6,10,12-15H2,1H3. The van der Waals surface area contributed by atoms with E-state index < -0.39 is 0 Å². The third kappa shape index (κ3) is 3.71. The molecule has 4 heteroatoms. The summed E-state index contributed by atoms with van der Waals surface area (Å²) in [4.78, 5) is 9.42. The lowest BCUT2D eigenvalue weighted by Crippen LogP contribution is -2.44. The summed E-state index contributed by atoms with van der Waals surface area (Å²) in [5, 5.41) is 0. The highest BCUT2D eigenvalue weighted by Crippen LogP contribution is 2.12. The first-order valence-corrected chi connectivity index (χ1v) is 7.81. The molecule has 0 spiro atoms. The summed E-state index contributed by atoms with van der Waals surface area (Å²) in [7, 11) is 2.21. The minimum atomic E-state index is 1.01. The minimum Gasteiger partial charge on any atom is -0.306 e. The number of rotatable bonds is 5. The molecule has 0 unspecified atom stereocenters. The quantitative estimate of drug-likeness (QED) is 0.840. The number of piperazine rings is 1. The van der Waals surface area contributed by atoms with Gasteiger partial charge in [-0.3, -0.25) is 0 Å². The second-order valence-electron chi connectivity index (χ2n) is 5.81. The molecule has 112 valence electrons. The average molecular weight is 284 g/mol. The fourth-order valence-corrected chi connectivity index (χ4v) is 2.90. The van der Waals surface area contributed by atoms with Gasteiger partial charge < -0.3 is 14.4 Å². The van der Waals surface area contributed by atoms with Gasteiger partial charge in [-0.25, -0.2) is 4.98 Å². The maximum Gasteiger partial charge on any atom is 0.136 e. The minimum absolute atomic E-state index is 1.01. The maximum atomic E-state index is 4.44. The van der Waals surface area contributed by atoms with Gasteiger partial charge in [-0.2, -0.15) is 0 Å². The number of hydrogen-bond acceptors (Lipinski definition) is 3. The number of aryl methyl sites for hydroxylation is 1. The van der Waals surface area contributed by atoms with Gasteiger partial charge >= 0.3 is 0 Å². The normalized spacial score (nSPS) is 17.2. The SMILES string of the molecule is CN1CCN(CCCc2cccn2-c2ccccn2)CC1. The number of hydrogen-bond donors (Lipinski definition) is 0. The molecule has 0 aliphatic carbocycles. The van der Waals surface area contributed by atoms with Crippen LogP contribution < -0.4 is 0 Å². The van der Waals surface area contributed by atoms with Crippen molar-refractivity contribution in [2.75, 3.05) is 39.8 Å². The average Bonchev–Trinajstić information content (AvgIpc) is 2.99. The summed E-state index contributed by atoms with van der Waals surface area (Å²) in [6, 6.07) is 10.4. The van der Waals surface area contributed by atoms with E-state index in [2.05, 4.69) is 50.8 Å². The lowest BCUT2D eigenvalue weighted by molar-refractivity contribution is 0.153. The Kier molecular flexibility index (Phi) is 4.68. The van der Waals surface area contributed by atoms with Crippen molar-refractivity contribution in [1.82, 2.24) is 19.4 Å². The number of nitrogens with zero attached hydrogens (tertiary/aromatic N) is 4. The molecular formula is C17H24N4. The van der Waals surface area contributed by atoms with Gasteiger partial charge in [0.15, 0.2) is 0 Å². The van der Waals surface area contributed by atoms with Crippen LogP contribution in [0, 0.1) is 0 Å². The van der Waals surface area contributed by atoms with Crippen LogP contribution in [0.2, 0.25) is 0 Å². The second kappa shape index (κ2) is 6.87. The first-order chi connectivity index (χ1) is 10.3. The van der Waals surface area contributed by atoms with Crippen molar-refractivity contribution >= 4 is 0 Å². The zero-order valence-electron chi connectivity index (χ0n) is 12.8. The summed E-state index contributed by atoms with van der Waals surface area (Å²) in [5.41, 5.74) is 1.35. The molecule has 0 aromatic carbocycles. The molecule has 21 heavy (non-hydrogen) atoms. The molecule has 0 radical (unpaired) electrons. The van der Waals surface area contributed by atoms with Gasteiger partial charge in [0.05, 0.1) is 0 Å². The number of aromatic nitrogens is 2. The molecule has 3 heterocycles. The molecular weight excluding hydrogens is 260 g/mol. The van der Waals surface area contributed by atoms with E-state index >= 15 is 0 Å². The Balaban J connectivity index is 1.53. The van der Waals surface area contributed by atoms with Crippen LogP contribution in [-0.2, 0) is 6.42 Å². The molecule has 1 aliphatic rings. The molecule has 1 fully saturated rings. The summed E-state index contributed by atoms with van der Waals surface area (Å²) < 4.78 is 2.20. The first kappa shape index (κ1) is 14.3. The highest BCUT2D eigenvalue weighted by molar-refractivity contribution is 5.27. The van der Waals surface area contributed by atoms with Gasteiger partial charge in [0, 0.05) is 44.3 Å². The fraction of sp³-hybridized carbons (Fsp3) is 0.471. The molecule has 2 aromatic rings. The van der Waals surface area contributed by atoms with Crippen LogP contribution in [0.25, 0.3) is 5.82 Å². The van der Waals surface area contributed by atoms with E-state index in [0.29, 0.717) is 0 Å². The van der Waals surface area contributed by atoms with Gasteiger partial charge in [0.2, 0.25) is 0 Å². The van der Waals surface area contributed by atoms with Crippen molar-refractivity contribution in [1.29, 1.82) is 0 Å². The largest absolute Gasteiger partial charge is 0.306 e. The molecule has 0 amide bonds. The van der Waals surface area contributed by atoms with Gasteiger partial charge in [-0.1, -0.05) is 6.07 Å². The van der Waals surface area contributed by atoms with E-state index in [1.165, 1.54) is 44.8 Å². The summed E-state index contributed by atoms with van der Waals surface area (Å²) >= 11 is 0. The third-order valence-electron chi connectivity index (χ3n) is 4.23. The maximum absolute atomic E-state index is 4.44. The monoisotopic (exact) mass is 284 g/mol. The van der Waals surface area contributed by atoms with E-state index in [-0.39, 0.29) is 0 Å². The molecule has 0 atom stereocenters. The van der Waals surface area contributed by atoms with Crippen molar-refractivity contribution in [3.05, 3.63) is 48.4 Å². The van der Waals surface area contributed by atoms with Crippen molar-refractivity contribution in [2.24, 2.45) is 0 Å². The van der Waals surface area contributed by atoms with Crippen LogP contribution in [0.4, 0.5) is 0 Å². The van der Waals surface area contributed by atoms with Crippen LogP contribution in [0.15, 0.2) is 42.7 Å².